The Kier molecular flexibility index (Phi) is 4.84. The summed E-state index contributed by atoms with van der Waals surface area (Å²) in [5, 5.41) is 7.73. The van der Waals surface area contributed by atoms with Crippen LogP contribution in [0.4, 0.5) is 0 Å². The molecular weight excluding hydrogens is 242 g/mol. The van der Waals surface area contributed by atoms with Crippen molar-refractivity contribution in [3.05, 3.63) is 48.3 Å². The van der Waals surface area contributed by atoms with Crippen molar-refractivity contribution in [3.63, 3.8) is 0 Å². The average molecular weight is 261 g/mol. The summed E-state index contributed by atoms with van der Waals surface area (Å²) in [6.07, 6.45) is 5.92. The van der Waals surface area contributed by atoms with Gasteiger partial charge in [0.2, 0.25) is 0 Å². The number of aromatic nitrogens is 2. The standard InChI is InChI=1S/C14H19N3S/c1-12(13-6-3-4-7-14(13)18-2)15-9-11-17-10-5-8-16-17/h3-8,10,12,15H,9,11H2,1-2H3/t12-/m1/s1. The molecule has 96 valence electrons. The number of nitrogens with one attached hydrogen (secondary N) is 1. The highest BCUT2D eigenvalue weighted by Gasteiger charge is 2.08. The second-order valence-electron chi connectivity index (χ2n) is 4.19. The highest BCUT2D eigenvalue weighted by atomic mass is 32.2. The van der Waals surface area contributed by atoms with Crippen molar-refractivity contribution >= 4 is 11.8 Å². The molecule has 0 fully saturated rings. The molecule has 0 unspecified atom stereocenters. The molecule has 0 saturated heterocycles. The summed E-state index contributed by atoms with van der Waals surface area (Å²) in [6, 6.07) is 10.9. The van der Waals surface area contributed by atoms with E-state index in [2.05, 4.69) is 47.9 Å². The molecule has 2 aromatic rings. The van der Waals surface area contributed by atoms with E-state index in [1.54, 1.807) is 11.8 Å². The second kappa shape index (κ2) is 6.61. The van der Waals surface area contributed by atoms with Crippen LogP contribution in [0, 0.1) is 0 Å². The van der Waals surface area contributed by atoms with Gasteiger partial charge in [-0.3, -0.25) is 4.68 Å². The Morgan fingerprint density at radius 3 is 2.89 bits per heavy atom. The zero-order valence-electron chi connectivity index (χ0n) is 10.8. The first-order valence-corrected chi connectivity index (χ1v) is 7.37. The monoisotopic (exact) mass is 261 g/mol. The molecule has 0 amide bonds. The van der Waals surface area contributed by atoms with E-state index in [4.69, 9.17) is 0 Å². The minimum absolute atomic E-state index is 0.365. The normalized spacial score (nSPS) is 12.6. The summed E-state index contributed by atoms with van der Waals surface area (Å²) in [7, 11) is 0. The van der Waals surface area contributed by atoms with Crippen molar-refractivity contribution in [2.45, 2.75) is 24.4 Å². The summed E-state index contributed by atoms with van der Waals surface area (Å²) < 4.78 is 1.94. The van der Waals surface area contributed by atoms with E-state index in [0.29, 0.717) is 6.04 Å². The van der Waals surface area contributed by atoms with Crippen LogP contribution in [0.25, 0.3) is 0 Å². The summed E-state index contributed by atoms with van der Waals surface area (Å²) in [6.45, 7) is 4.03. The van der Waals surface area contributed by atoms with Gasteiger partial charge in [0.1, 0.15) is 0 Å². The van der Waals surface area contributed by atoms with E-state index >= 15 is 0 Å². The van der Waals surface area contributed by atoms with E-state index in [0.717, 1.165) is 13.1 Å². The number of rotatable bonds is 6. The van der Waals surface area contributed by atoms with Crippen molar-refractivity contribution in [3.8, 4) is 0 Å². The Hall–Kier alpha value is -1.26. The lowest BCUT2D eigenvalue weighted by atomic mass is 10.1. The van der Waals surface area contributed by atoms with Gasteiger partial charge in [0.25, 0.3) is 0 Å². The van der Waals surface area contributed by atoms with E-state index in [-0.39, 0.29) is 0 Å². The third-order valence-electron chi connectivity index (χ3n) is 2.96. The van der Waals surface area contributed by atoms with Crippen molar-refractivity contribution < 1.29 is 0 Å². The lowest BCUT2D eigenvalue weighted by molar-refractivity contribution is 0.504. The van der Waals surface area contributed by atoms with Crippen molar-refractivity contribution in [1.82, 2.24) is 15.1 Å². The fraction of sp³-hybridized carbons (Fsp3) is 0.357. The van der Waals surface area contributed by atoms with E-state index in [9.17, 15) is 0 Å². The predicted octanol–water partition coefficient (Wildman–Crippen LogP) is 2.96. The van der Waals surface area contributed by atoms with Crippen LogP contribution < -0.4 is 5.32 Å². The zero-order valence-corrected chi connectivity index (χ0v) is 11.7. The van der Waals surface area contributed by atoms with Crippen LogP contribution in [0.3, 0.4) is 0 Å². The van der Waals surface area contributed by atoms with Crippen LogP contribution in [0.1, 0.15) is 18.5 Å². The highest BCUT2D eigenvalue weighted by Crippen LogP contribution is 2.25. The van der Waals surface area contributed by atoms with Gasteiger partial charge in [0.15, 0.2) is 0 Å². The molecule has 18 heavy (non-hydrogen) atoms. The molecular formula is C14H19N3S. The molecule has 4 heteroatoms. The molecule has 0 aliphatic rings. The van der Waals surface area contributed by atoms with Gasteiger partial charge in [-0.15, -0.1) is 11.8 Å². The van der Waals surface area contributed by atoms with E-state index in [1.165, 1.54) is 10.5 Å². The van der Waals surface area contributed by atoms with Crippen LogP contribution in [0.2, 0.25) is 0 Å². The second-order valence-corrected chi connectivity index (χ2v) is 5.03. The quantitative estimate of drug-likeness (QED) is 0.811. The molecule has 2 rings (SSSR count). The molecule has 0 aliphatic carbocycles. The van der Waals surface area contributed by atoms with Gasteiger partial charge in [-0.25, -0.2) is 0 Å². The van der Waals surface area contributed by atoms with Gasteiger partial charge >= 0.3 is 0 Å². The topological polar surface area (TPSA) is 29.9 Å². The number of nitrogens with zero attached hydrogens (tertiary/aromatic N) is 2. The fourth-order valence-electron chi connectivity index (χ4n) is 1.96. The molecule has 0 radical (unpaired) electrons. The zero-order chi connectivity index (χ0) is 12.8. The molecule has 1 aromatic carbocycles. The molecule has 1 heterocycles. The van der Waals surface area contributed by atoms with Crippen LogP contribution in [-0.4, -0.2) is 22.6 Å². The molecule has 0 aliphatic heterocycles. The minimum Gasteiger partial charge on any atom is -0.308 e. The van der Waals surface area contributed by atoms with Crippen molar-refractivity contribution in [2.75, 3.05) is 12.8 Å². The van der Waals surface area contributed by atoms with Gasteiger partial charge in [-0.05, 0) is 30.9 Å². The molecule has 1 N–H and O–H groups in total. The average Bonchev–Trinajstić information content (AvgIpc) is 2.91. The molecule has 0 spiro atoms. The number of hydrogen-bond donors (Lipinski definition) is 1. The fourth-order valence-corrected chi connectivity index (χ4v) is 2.66. The maximum absolute atomic E-state index is 4.19. The molecule has 0 bridgehead atoms. The first kappa shape index (κ1) is 13.2. The highest BCUT2D eigenvalue weighted by molar-refractivity contribution is 7.98. The SMILES string of the molecule is CSc1ccccc1[C@@H](C)NCCn1cccn1. The largest absolute Gasteiger partial charge is 0.308 e. The number of benzene rings is 1. The van der Waals surface area contributed by atoms with Gasteiger partial charge in [0, 0.05) is 29.9 Å². The first-order chi connectivity index (χ1) is 8.81. The third-order valence-corrected chi connectivity index (χ3v) is 3.77. The Balaban J connectivity index is 1.89. The van der Waals surface area contributed by atoms with Gasteiger partial charge in [0.05, 0.1) is 6.54 Å². The lowest BCUT2D eigenvalue weighted by Gasteiger charge is -2.17. The third kappa shape index (κ3) is 3.37. The number of hydrogen-bond acceptors (Lipinski definition) is 3. The first-order valence-electron chi connectivity index (χ1n) is 6.15. The Labute approximate surface area is 113 Å². The van der Waals surface area contributed by atoms with E-state index in [1.807, 2.05) is 23.1 Å². The summed E-state index contributed by atoms with van der Waals surface area (Å²) in [4.78, 5) is 1.34. The van der Waals surface area contributed by atoms with Crippen LogP contribution in [0.15, 0.2) is 47.6 Å². The molecule has 3 nitrogen and oxygen atoms in total. The summed E-state index contributed by atoms with van der Waals surface area (Å²) in [5.74, 6) is 0. The minimum atomic E-state index is 0.365. The lowest BCUT2D eigenvalue weighted by Crippen LogP contribution is -2.23. The predicted molar refractivity (Wildman–Crippen MR) is 76.9 cm³/mol. The Bertz CT molecular complexity index is 468. The molecule has 1 aromatic heterocycles. The smallest absolute Gasteiger partial charge is 0.0534 e. The maximum atomic E-state index is 4.19. The van der Waals surface area contributed by atoms with E-state index < -0.39 is 0 Å². The number of thioether (sulfide) groups is 1. The van der Waals surface area contributed by atoms with Gasteiger partial charge < -0.3 is 5.32 Å². The van der Waals surface area contributed by atoms with Gasteiger partial charge in [-0.2, -0.15) is 5.10 Å². The van der Waals surface area contributed by atoms with Gasteiger partial charge in [-0.1, -0.05) is 18.2 Å². The maximum Gasteiger partial charge on any atom is 0.0534 e. The Morgan fingerprint density at radius 2 is 2.17 bits per heavy atom. The molecule has 1 atom stereocenters. The van der Waals surface area contributed by atoms with Crippen molar-refractivity contribution in [1.29, 1.82) is 0 Å². The summed E-state index contributed by atoms with van der Waals surface area (Å²) in [5.41, 5.74) is 1.37. The van der Waals surface area contributed by atoms with Crippen LogP contribution >= 0.6 is 11.8 Å². The van der Waals surface area contributed by atoms with Crippen LogP contribution in [-0.2, 0) is 6.54 Å². The van der Waals surface area contributed by atoms with Crippen molar-refractivity contribution in [2.24, 2.45) is 0 Å². The summed E-state index contributed by atoms with van der Waals surface area (Å²) >= 11 is 1.80. The van der Waals surface area contributed by atoms with Crippen LogP contribution in [0.5, 0.6) is 0 Å². The molecule has 0 saturated carbocycles. The Morgan fingerprint density at radius 1 is 1.33 bits per heavy atom.